The van der Waals surface area contributed by atoms with Crippen LogP contribution in [0.4, 0.5) is 0 Å². The molecule has 1 aromatic rings. The molecule has 1 saturated heterocycles. The first-order valence-corrected chi connectivity index (χ1v) is 8.75. The molecule has 0 bridgehead atoms. The Balaban J connectivity index is 1.55. The fraction of sp³-hybridized carbons (Fsp3) is 0.688. The maximum absolute atomic E-state index is 12.5. The minimum absolute atomic E-state index is 0.234. The minimum atomic E-state index is -0.272. The molecule has 3 heterocycles. The molecule has 0 spiro atoms. The van der Waals surface area contributed by atoms with Crippen LogP contribution < -0.4 is 0 Å². The third-order valence-electron chi connectivity index (χ3n) is 4.74. The van der Waals surface area contributed by atoms with Crippen molar-refractivity contribution in [3.8, 4) is 0 Å². The van der Waals surface area contributed by atoms with Gasteiger partial charge in [-0.1, -0.05) is 0 Å². The zero-order chi connectivity index (χ0) is 14.8. The van der Waals surface area contributed by atoms with Gasteiger partial charge in [-0.05, 0) is 55.7 Å². The van der Waals surface area contributed by atoms with Gasteiger partial charge in [0.05, 0.1) is 12.6 Å². The second-order valence-electron chi connectivity index (χ2n) is 6.31. The molecule has 1 aromatic heterocycles. The van der Waals surface area contributed by atoms with Crippen LogP contribution in [-0.4, -0.2) is 53.1 Å². The van der Waals surface area contributed by atoms with Gasteiger partial charge in [0.2, 0.25) is 5.91 Å². The van der Waals surface area contributed by atoms with Gasteiger partial charge in [0.25, 0.3) is 0 Å². The number of amides is 1. The Kier molecular flexibility index (Phi) is 4.62. The number of carbonyl (C=O) groups is 1. The van der Waals surface area contributed by atoms with Crippen LogP contribution in [0.3, 0.4) is 0 Å². The van der Waals surface area contributed by atoms with Crippen molar-refractivity contribution < 1.29 is 9.90 Å². The zero-order valence-electron chi connectivity index (χ0n) is 12.6. The van der Waals surface area contributed by atoms with Crippen molar-refractivity contribution in [2.45, 2.75) is 38.8 Å². The molecule has 0 aliphatic carbocycles. The summed E-state index contributed by atoms with van der Waals surface area (Å²) in [6, 6.07) is 2.14. The summed E-state index contributed by atoms with van der Waals surface area (Å²) in [5.74, 6) is 0.550. The lowest BCUT2D eigenvalue weighted by Gasteiger charge is -2.35. The highest BCUT2D eigenvalue weighted by molar-refractivity contribution is 7.10. The number of likely N-dealkylation sites (tertiary alicyclic amines) is 1. The van der Waals surface area contributed by atoms with Gasteiger partial charge in [-0.25, -0.2) is 0 Å². The summed E-state index contributed by atoms with van der Waals surface area (Å²) in [5.41, 5.74) is 1.32. The predicted octanol–water partition coefficient (Wildman–Crippen LogP) is 1.73. The molecule has 0 radical (unpaired) electrons. The van der Waals surface area contributed by atoms with Crippen molar-refractivity contribution in [1.29, 1.82) is 0 Å². The Hall–Kier alpha value is -0.910. The van der Waals surface area contributed by atoms with Gasteiger partial charge in [-0.2, -0.15) is 0 Å². The van der Waals surface area contributed by atoms with E-state index in [9.17, 15) is 9.90 Å². The molecule has 1 N–H and O–H groups in total. The molecule has 1 fully saturated rings. The fourth-order valence-electron chi connectivity index (χ4n) is 3.38. The van der Waals surface area contributed by atoms with Crippen LogP contribution in [0, 0.1) is 5.92 Å². The third-order valence-corrected chi connectivity index (χ3v) is 5.77. The lowest BCUT2D eigenvalue weighted by atomic mass is 9.93. The number of thiophene rings is 1. The van der Waals surface area contributed by atoms with Crippen LogP contribution in [0.15, 0.2) is 11.4 Å². The first-order chi connectivity index (χ1) is 10.1. The van der Waals surface area contributed by atoms with Gasteiger partial charge in [-0.15, -0.1) is 11.3 Å². The van der Waals surface area contributed by atoms with E-state index in [1.165, 1.54) is 10.4 Å². The van der Waals surface area contributed by atoms with E-state index in [0.717, 1.165) is 45.4 Å². The molecule has 0 aromatic carbocycles. The molecular formula is C16H24N2O2S. The predicted molar refractivity (Wildman–Crippen MR) is 84.3 cm³/mol. The van der Waals surface area contributed by atoms with Crippen molar-refractivity contribution in [3.63, 3.8) is 0 Å². The number of fused-ring (bicyclic) bond motifs is 1. The number of aliphatic hydroxyl groups is 1. The summed E-state index contributed by atoms with van der Waals surface area (Å²) in [7, 11) is 0. The van der Waals surface area contributed by atoms with Crippen LogP contribution in [0.25, 0.3) is 0 Å². The number of carbonyl (C=O) groups excluding carboxylic acids is 1. The third kappa shape index (κ3) is 3.47. The fourth-order valence-corrected chi connectivity index (χ4v) is 4.27. The highest BCUT2D eigenvalue weighted by atomic mass is 32.1. The molecule has 2 unspecified atom stereocenters. The number of hydrogen-bond donors (Lipinski definition) is 1. The van der Waals surface area contributed by atoms with Gasteiger partial charge in [0, 0.05) is 24.5 Å². The first-order valence-electron chi connectivity index (χ1n) is 7.87. The van der Waals surface area contributed by atoms with Gasteiger partial charge < -0.3 is 10.0 Å². The maximum Gasteiger partial charge on any atom is 0.237 e. The van der Waals surface area contributed by atoms with Gasteiger partial charge >= 0.3 is 0 Å². The number of hydrogen-bond acceptors (Lipinski definition) is 4. The lowest BCUT2D eigenvalue weighted by molar-refractivity contribution is -0.134. The first kappa shape index (κ1) is 15.0. The van der Waals surface area contributed by atoms with Gasteiger partial charge in [0.1, 0.15) is 0 Å². The van der Waals surface area contributed by atoms with E-state index in [1.807, 2.05) is 11.8 Å². The van der Waals surface area contributed by atoms with E-state index in [0.29, 0.717) is 12.5 Å². The SMILES string of the molecule is CC(O)C1CCCN(CC(=O)N2CCc3sccc3C2)C1. The van der Waals surface area contributed by atoms with E-state index >= 15 is 0 Å². The van der Waals surface area contributed by atoms with Gasteiger partial charge in [0.15, 0.2) is 0 Å². The molecule has 2 aliphatic rings. The van der Waals surface area contributed by atoms with E-state index in [2.05, 4.69) is 16.3 Å². The Morgan fingerprint density at radius 3 is 3.19 bits per heavy atom. The molecular weight excluding hydrogens is 284 g/mol. The molecule has 2 atom stereocenters. The Labute approximate surface area is 130 Å². The number of aliphatic hydroxyl groups excluding tert-OH is 1. The van der Waals surface area contributed by atoms with Crippen LogP contribution in [0.5, 0.6) is 0 Å². The smallest absolute Gasteiger partial charge is 0.237 e. The Morgan fingerprint density at radius 2 is 2.38 bits per heavy atom. The summed E-state index contributed by atoms with van der Waals surface area (Å²) in [5, 5.41) is 11.9. The highest BCUT2D eigenvalue weighted by Gasteiger charge is 2.27. The van der Waals surface area contributed by atoms with E-state index in [4.69, 9.17) is 0 Å². The Bertz CT molecular complexity index is 500. The normalized spacial score (nSPS) is 24.7. The minimum Gasteiger partial charge on any atom is -0.393 e. The molecule has 4 nitrogen and oxygen atoms in total. The number of nitrogens with zero attached hydrogens (tertiary/aromatic N) is 2. The second-order valence-corrected chi connectivity index (χ2v) is 7.31. The highest BCUT2D eigenvalue weighted by Crippen LogP contribution is 2.24. The van der Waals surface area contributed by atoms with E-state index in [1.54, 1.807) is 11.3 Å². The quantitative estimate of drug-likeness (QED) is 0.925. The average Bonchev–Trinajstić information content (AvgIpc) is 2.94. The van der Waals surface area contributed by atoms with Crippen molar-refractivity contribution in [3.05, 3.63) is 21.9 Å². The molecule has 3 rings (SSSR count). The Morgan fingerprint density at radius 1 is 1.52 bits per heavy atom. The maximum atomic E-state index is 12.5. The van der Waals surface area contributed by atoms with Crippen molar-refractivity contribution >= 4 is 17.2 Å². The molecule has 0 saturated carbocycles. The number of rotatable bonds is 3. The van der Waals surface area contributed by atoms with Crippen LogP contribution in [-0.2, 0) is 17.8 Å². The van der Waals surface area contributed by atoms with Crippen LogP contribution in [0.2, 0.25) is 0 Å². The zero-order valence-corrected chi connectivity index (χ0v) is 13.4. The summed E-state index contributed by atoms with van der Waals surface area (Å²) in [6.07, 6.45) is 2.88. The molecule has 116 valence electrons. The van der Waals surface area contributed by atoms with Gasteiger partial charge in [-0.3, -0.25) is 9.69 Å². The lowest BCUT2D eigenvalue weighted by Crippen LogP contribution is -2.46. The molecule has 1 amide bonds. The second kappa shape index (κ2) is 6.46. The topological polar surface area (TPSA) is 43.8 Å². The van der Waals surface area contributed by atoms with Crippen molar-refractivity contribution in [1.82, 2.24) is 9.80 Å². The standard InChI is InChI=1S/C16H24N2O2S/c1-12(19)13-3-2-6-17(9-13)11-16(20)18-7-4-15-14(10-18)5-8-21-15/h5,8,12-13,19H,2-4,6-7,9-11H2,1H3. The molecule has 5 heteroatoms. The van der Waals surface area contributed by atoms with Crippen molar-refractivity contribution in [2.75, 3.05) is 26.2 Å². The van der Waals surface area contributed by atoms with Crippen LogP contribution in [0.1, 0.15) is 30.2 Å². The summed E-state index contributed by atoms with van der Waals surface area (Å²) >= 11 is 1.80. The van der Waals surface area contributed by atoms with E-state index in [-0.39, 0.29) is 12.0 Å². The summed E-state index contributed by atoms with van der Waals surface area (Å²) in [4.78, 5) is 18.1. The van der Waals surface area contributed by atoms with Crippen molar-refractivity contribution in [2.24, 2.45) is 5.92 Å². The van der Waals surface area contributed by atoms with Crippen LogP contribution >= 0.6 is 11.3 Å². The summed E-state index contributed by atoms with van der Waals surface area (Å²) < 4.78 is 0. The molecule has 21 heavy (non-hydrogen) atoms. The average molecular weight is 308 g/mol. The monoisotopic (exact) mass is 308 g/mol. The van der Waals surface area contributed by atoms with E-state index < -0.39 is 0 Å². The largest absolute Gasteiger partial charge is 0.393 e. The summed E-state index contributed by atoms with van der Waals surface area (Å²) in [6.45, 7) is 5.81. The number of piperidine rings is 1. The molecule has 2 aliphatic heterocycles.